The molecular weight excluding hydrogens is 270 g/mol. The second-order valence-corrected chi connectivity index (χ2v) is 5.55. The van der Waals surface area contributed by atoms with Crippen LogP contribution in [-0.4, -0.2) is 14.5 Å². The fourth-order valence-corrected chi connectivity index (χ4v) is 2.68. The van der Waals surface area contributed by atoms with Gasteiger partial charge in [-0.1, -0.05) is 33.1 Å². The Morgan fingerprint density at radius 1 is 1.45 bits per heavy atom. The third-order valence-electron chi connectivity index (χ3n) is 3.74. The molecule has 108 valence electrons. The number of nitrogens with one attached hydrogen (secondary N) is 1. The predicted octanol–water partition coefficient (Wildman–Crippen LogP) is 3.67. The zero-order valence-electron chi connectivity index (χ0n) is 12.1. The molecule has 0 amide bonds. The molecule has 0 aliphatic carbocycles. The minimum absolute atomic E-state index is 0.0354. The van der Waals surface area contributed by atoms with Crippen molar-refractivity contribution in [1.29, 1.82) is 0 Å². The zero-order valence-corrected chi connectivity index (χ0v) is 12.9. The van der Waals surface area contributed by atoms with Gasteiger partial charge in [0.05, 0.1) is 5.39 Å². The lowest BCUT2D eigenvalue weighted by molar-refractivity contribution is 0.382. The van der Waals surface area contributed by atoms with E-state index in [4.69, 9.17) is 12.2 Å². The minimum Gasteiger partial charge on any atom is -0.316 e. The molecule has 0 bridgehead atoms. The highest BCUT2D eigenvalue weighted by Gasteiger charge is 2.11. The average molecular weight is 291 g/mol. The van der Waals surface area contributed by atoms with Crippen LogP contribution in [0.4, 0.5) is 0 Å². The zero-order chi connectivity index (χ0) is 14.5. The smallest absolute Gasteiger partial charge is 0.263 e. The number of aromatic nitrogens is 3. The van der Waals surface area contributed by atoms with Crippen molar-refractivity contribution >= 4 is 23.3 Å². The van der Waals surface area contributed by atoms with Crippen LogP contribution in [0, 0.1) is 10.7 Å². The molecule has 4 nitrogen and oxygen atoms in total. The van der Waals surface area contributed by atoms with Gasteiger partial charge < -0.3 is 4.98 Å². The van der Waals surface area contributed by atoms with Crippen molar-refractivity contribution in [2.45, 2.75) is 46.1 Å². The summed E-state index contributed by atoms with van der Waals surface area (Å²) in [7, 11) is 0. The number of unbranched alkanes of at least 4 members (excludes halogenated alkanes) is 1. The number of fused-ring (bicyclic) bond motifs is 1. The highest BCUT2D eigenvalue weighted by molar-refractivity contribution is 7.71. The highest BCUT2D eigenvalue weighted by atomic mass is 32.1. The van der Waals surface area contributed by atoms with Crippen LogP contribution in [0.3, 0.4) is 0 Å². The molecule has 0 aliphatic rings. The lowest BCUT2D eigenvalue weighted by Gasteiger charge is -2.16. The Bertz CT molecular complexity index is 689. The van der Waals surface area contributed by atoms with Gasteiger partial charge in [-0.15, -0.1) is 0 Å². The van der Waals surface area contributed by atoms with Crippen LogP contribution >= 0.6 is 12.2 Å². The summed E-state index contributed by atoms with van der Waals surface area (Å²) in [5.41, 5.74) is 0.534. The molecule has 1 unspecified atom stereocenters. The molecule has 2 rings (SSSR count). The molecule has 1 atom stereocenters. The van der Waals surface area contributed by atoms with Crippen LogP contribution in [0.5, 0.6) is 0 Å². The van der Waals surface area contributed by atoms with E-state index in [0.29, 0.717) is 28.3 Å². The maximum atomic E-state index is 12.5. The Labute approximate surface area is 123 Å². The maximum absolute atomic E-state index is 12.5. The molecule has 5 heteroatoms. The van der Waals surface area contributed by atoms with E-state index in [0.717, 1.165) is 12.8 Å². The molecule has 0 saturated heterocycles. The van der Waals surface area contributed by atoms with Crippen molar-refractivity contribution in [2.24, 2.45) is 5.92 Å². The Kier molecular flexibility index (Phi) is 5.06. The summed E-state index contributed by atoms with van der Waals surface area (Å²) in [5.74, 6) is 0.497. The molecule has 0 aliphatic heterocycles. The molecule has 0 aromatic carbocycles. The van der Waals surface area contributed by atoms with Crippen molar-refractivity contribution in [3.63, 3.8) is 0 Å². The van der Waals surface area contributed by atoms with E-state index in [9.17, 15) is 4.79 Å². The largest absolute Gasteiger partial charge is 0.316 e. The standard InChI is InChI=1S/C15H21N3OS/c1-3-5-7-11(4-2)10-18-14(19)12-8-6-9-16-13(12)17-15(18)20/h6,8-9,11H,3-5,7,10H2,1-2H3,(H,16,17,20). The fourth-order valence-electron chi connectivity index (χ4n) is 2.43. The normalized spacial score (nSPS) is 12.7. The SMILES string of the molecule is CCCCC(CC)Cn1c(=S)[nH]c2ncccc2c1=O. The summed E-state index contributed by atoms with van der Waals surface area (Å²) in [6, 6.07) is 3.57. The average Bonchev–Trinajstić information content (AvgIpc) is 2.46. The monoisotopic (exact) mass is 291 g/mol. The van der Waals surface area contributed by atoms with Crippen LogP contribution in [0.25, 0.3) is 11.0 Å². The minimum atomic E-state index is -0.0354. The number of H-pyrrole nitrogens is 1. The highest BCUT2D eigenvalue weighted by Crippen LogP contribution is 2.15. The second-order valence-electron chi connectivity index (χ2n) is 5.16. The van der Waals surface area contributed by atoms with Crippen LogP contribution in [0.15, 0.2) is 23.1 Å². The van der Waals surface area contributed by atoms with Gasteiger partial charge >= 0.3 is 0 Å². The summed E-state index contributed by atoms with van der Waals surface area (Å²) < 4.78 is 2.15. The van der Waals surface area contributed by atoms with Crippen molar-refractivity contribution in [1.82, 2.24) is 14.5 Å². The van der Waals surface area contributed by atoms with Gasteiger partial charge in [-0.2, -0.15) is 0 Å². The van der Waals surface area contributed by atoms with E-state index in [1.807, 2.05) is 0 Å². The lowest BCUT2D eigenvalue weighted by atomic mass is 9.99. The molecule has 20 heavy (non-hydrogen) atoms. The van der Waals surface area contributed by atoms with Crippen molar-refractivity contribution in [3.05, 3.63) is 33.5 Å². The van der Waals surface area contributed by atoms with Gasteiger partial charge in [0.1, 0.15) is 5.65 Å². The van der Waals surface area contributed by atoms with Crippen molar-refractivity contribution < 1.29 is 0 Å². The van der Waals surface area contributed by atoms with Gasteiger partial charge in [-0.3, -0.25) is 9.36 Å². The quantitative estimate of drug-likeness (QED) is 0.826. The lowest BCUT2D eigenvalue weighted by Crippen LogP contribution is -2.26. The Morgan fingerprint density at radius 2 is 2.25 bits per heavy atom. The van der Waals surface area contributed by atoms with E-state index in [2.05, 4.69) is 23.8 Å². The van der Waals surface area contributed by atoms with Gasteiger partial charge in [0, 0.05) is 12.7 Å². The maximum Gasteiger partial charge on any atom is 0.263 e. The first-order valence-corrected chi connectivity index (χ1v) is 7.66. The number of pyridine rings is 1. The third-order valence-corrected chi connectivity index (χ3v) is 4.06. The molecule has 2 aromatic rings. The Balaban J connectivity index is 2.39. The number of hydrogen-bond donors (Lipinski definition) is 1. The molecular formula is C15H21N3OS. The molecule has 1 N–H and O–H groups in total. The first-order chi connectivity index (χ1) is 9.67. The Hall–Kier alpha value is -1.49. The van der Waals surface area contributed by atoms with Crippen LogP contribution in [0.2, 0.25) is 0 Å². The van der Waals surface area contributed by atoms with Crippen LogP contribution < -0.4 is 5.56 Å². The third kappa shape index (κ3) is 3.15. The number of aromatic amines is 1. The van der Waals surface area contributed by atoms with Crippen molar-refractivity contribution in [3.8, 4) is 0 Å². The van der Waals surface area contributed by atoms with Gasteiger partial charge in [0.25, 0.3) is 5.56 Å². The van der Waals surface area contributed by atoms with E-state index in [1.54, 1.807) is 22.9 Å². The van der Waals surface area contributed by atoms with E-state index in [-0.39, 0.29) is 5.56 Å². The molecule has 0 spiro atoms. The molecule has 0 radical (unpaired) electrons. The van der Waals surface area contributed by atoms with Gasteiger partial charge in [0.15, 0.2) is 4.77 Å². The van der Waals surface area contributed by atoms with Crippen molar-refractivity contribution in [2.75, 3.05) is 0 Å². The number of hydrogen-bond acceptors (Lipinski definition) is 3. The summed E-state index contributed by atoms with van der Waals surface area (Å²) in [6.07, 6.45) is 6.23. The van der Waals surface area contributed by atoms with Crippen LogP contribution in [0.1, 0.15) is 39.5 Å². The summed E-state index contributed by atoms with van der Waals surface area (Å²) in [5, 5.41) is 0.603. The van der Waals surface area contributed by atoms with Gasteiger partial charge in [0.2, 0.25) is 0 Å². The molecule has 0 fully saturated rings. The first-order valence-electron chi connectivity index (χ1n) is 7.25. The topological polar surface area (TPSA) is 50.7 Å². The number of nitrogens with zero attached hydrogens (tertiary/aromatic N) is 2. The second kappa shape index (κ2) is 6.79. The fraction of sp³-hybridized carbons (Fsp3) is 0.533. The predicted molar refractivity (Wildman–Crippen MR) is 84.5 cm³/mol. The van der Waals surface area contributed by atoms with E-state index in [1.165, 1.54) is 12.8 Å². The van der Waals surface area contributed by atoms with Crippen LogP contribution in [-0.2, 0) is 6.54 Å². The van der Waals surface area contributed by atoms with E-state index < -0.39 is 0 Å². The van der Waals surface area contributed by atoms with Gasteiger partial charge in [-0.25, -0.2) is 4.98 Å². The summed E-state index contributed by atoms with van der Waals surface area (Å²) >= 11 is 5.31. The van der Waals surface area contributed by atoms with Gasteiger partial charge in [-0.05, 0) is 36.7 Å². The summed E-state index contributed by atoms with van der Waals surface area (Å²) in [4.78, 5) is 19.7. The summed E-state index contributed by atoms with van der Waals surface area (Å²) in [6.45, 7) is 5.04. The Morgan fingerprint density at radius 3 is 2.95 bits per heavy atom. The molecule has 2 aromatic heterocycles. The molecule has 2 heterocycles. The number of rotatable bonds is 6. The molecule has 0 saturated carbocycles. The van der Waals surface area contributed by atoms with E-state index >= 15 is 0 Å². The first kappa shape index (κ1) is 14.9.